The molecule has 0 aromatic heterocycles. The molecule has 0 saturated carbocycles. The van der Waals surface area contributed by atoms with Gasteiger partial charge < -0.3 is 0 Å². The van der Waals surface area contributed by atoms with Gasteiger partial charge in [0.1, 0.15) is 0 Å². The van der Waals surface area contributed by atoms with Gasteiger partial charge in [-0.25, -0.2) is 0 Å². The fourth-order valence-corrected chi connectivity index (χ4v) is 5.42. The first-order valence-electron chi connectivity index (χ1n) is 6.92. The fraction of sp³-hybridized carbons (Fsp3) is 0.600. The summed E-state index contributed by atoms with van der Waals surface area (Å²) in [5, 5.41) is 1.19. The van der Waals surface area contributed by atoms with Crippen LogP contribution in [0.15, 0.2) is 24.3 Å². The van der Waals surface area contributed by atoms with Crippen molar-refractivity contribution in [3.05, 3.63) is 35.4 Å². The number of hydrogen-bond donors (Lipinski definition) is 2. The lowest BCUT2D eigenvalue weighted by atomic mass is 9.97. The molecule has 1 aliphatic heterocycles. The summed E-state index contributed by atoms with van der Waals surface area (Å²) in [7, 11) is 0. The van der Waals surface area contributed by atoms with E-state index in [0.717, 1.165) is 0 Å². The first-order valence-corrected chi connectivity index (χ1v) is 9.02. The van der Waals surface area contributed by atoms with Crippen LogP contribution in [0.5, 0.6) is 0 Å². The molecule has 1 aromatic rings. The quantitative estimate of drug-likeness (QED) is 0.658. The molecule has 0 aliphatic carbocycles. The van der Waals surface area contributed by atoms with E-state index in [9.17, 15) is 0 Å². The van der Waals surface area contributed by atoms with Crippen molar-refractivity contribution in [1.29, 1.82) is 0 Å². The van der Waals surface area contributed by atoms with Crippen molar-refractivity contribution in [1.82, 2.24) is 5.43 Å². The van der Waals surface area contributed by atoms with Crippen molar-refractivity contribution < 1.29 is 0 Å². The van der Waals surface area contributed by atoms with Gasteiger partial charge in [0, 0.05) is 22.0 Å². The van der Waals surface area contributed by atoms with Crippen LogP contribution in [0, 0.1) is 0 Å². The molecule has 0 amide bonds. The van der Waals surface area contributed by atoms with Gasteiger partial charge in [-0.3, -0.25) is 11.3 Å². The van der Waals surface area contributed by atoms with Crippen LogP contribution in [-0.2, 0) is 0 Å². The minimum absolute atomic E-state index is 0.244. The van der Waals surface area contributed by atoms with E-state index < -0.39 is 0 Å². The Kier molecular flexibility index (Phi) is 5.63. The van der Waals surface area contributed by atoms with Gasteiger partial charge in [-0.2, -0.15) is 23.5 Å². The second kappa shape index (κ2) is 7.02. The third kappa shape index (κ3) is 3.69. The van der Waals surface area contributed by atoms with E-state index in [1.807, 2.05) is 11.8 Å². The smallest absolute Gasteiger partial charge is 0.0589 e. The molecule has 3 N–H and O–H groups in total. The zero-order valence-corrected chi connectivity index (χ0v) is 13.6. The van der Waals surface area contributed by atoms with Crippen molar-refractivity contribution in [2.45, 2.75) is 43.2 Å². The van der Waals surface area contributed by atoms with Gasteiger partial charge in [0.2, 0.25) is 0 Å². The summed E-state index contributed by atoms with van der Waals surface area (Å²) in [4.78, 5) is 0. The SMILES string of the molecule is CC(C)c1ccc(C(NN)C2SCCSC2C)cc1. The molecule has 19 heavy (non-hydrogen) atoms. The van der Waals surface area contributed by atoms with E-state index in [2.05, 4.69) is 62.2 Å². The van der Waals surface area contributed by atoms with Crippen molar-refractivity contribution >= 4 is 23.5 Å². The first kappa shape index (κ1) is 15.2. The molecule has 2 nitrogen and oxygen atoms in total. The van der Waals surface area contributed by atoms with Gasteiger partial charge in [-0.05, 0) is 17.0 Å². The molecule has 1 aromatic carbocycles. The molecular formula is C15H24N2S2. The number of nitrogens with one attached hydrogen (secondary N) is 1. The second-order valence-electron chi connectivity index (χ2n) is 5.38. The van der Waals surface area contributed by atoms with Crippen molar-refractivity contribution in [2.75, 3.05) is 11.5 Å². The maximum Gasteiger partial charge on any atom is 0.0589 e. The average molecular weight is 297 g/mol. The van der Waals surface area contributed by atoms with E-state index >= 15 is 0 Å². The van der Waals surface area contributed by atoms with E-state index in [1.54, 1.807) is 0 Å². The molecule has 3 atom stereocenters. The molecule has 0 spiro atoms. The van der Waals surface area contributed by atoms with Crippen LogP contribution in [0.25, 0.3) is 0 Å². The third-order valence-corrected chi connectivity index (χ3v) is 6.90. The van der Waals surface area contributed by atoms with E-state index in [4.69, 9.17) is 5.84 Å². The fourth-order valence-electron chi connectivity index (χ4n) is 2.48. The van der Waals surface area contributed by atoms with Crippen LogP contribution in [-0.4, -0.2) is 22.0 Å². The van der Waals surface area contributed by atoms with Gasteiger partial charge in [0.15, 0.2) is 0 Å². The molecular weight excluding hydrogens is 272 g/mol. The van der Waals surface area contributed by atoms with Crippen molar-refractivity contribution in [3.63, 3.8) is 0 Å². The number of hydrogen-bond acceptors (Lipinski definition) is 4. The topological polar surface area (TPSA) is 38.0 Å². The summed E-state index contributed by atoms with van der Waals surface area (Å²) in [5.41, 5.74) is 5.72. The van der Waals surface area contributed by atoms with Crippen LogP contribution >= 0.6 is 23.5 Å². The van der Waals surface area contributed by atoms with Gasteiger partial charge in [-0.15, -0.1) is 0 Å². The van der Waals surface area contributed by atoms with Crippen LogP contribution in [0.4, 0.5) is 0 Å². The first-order chi connectivity index (χ1) is 9.13. The summed E-state index contributed by atoms with van der Waals surface area (Å²) >= 11 is 4.10. The Balaban J connectivity index is 2.16. The summed E-state index contributed by atoms with van der Waals surface area (Å²) in [6.07, 6.45) is 0. The highest BCUT2D eigenvalue weighted by atomic mass is 32.2. The van der Waals surface area contributed by atoms with Crippen LogP contribution in [0.3, 0.4) is 0 Å². The monoisotopic (exact) mass is 296 g/mol. The predicted molar refractivity (Wildman–Crippen MR) is 88.8 cm³/mol. The molecule has 1 heterocycles. The molecule has 3 unspecified atom stereocenters. The number of thioether (sulfide) groups is 2. The molecule has 0 radical (unpaired) electrons. The van der Waals surface area contributed by atoms with Gasteiger partial charge in [-0.1, -0.05) is 45.0 Å². The highest BCUT2D eigenvalue weighted by Gasteiger charge is 2.30. The zero-order valence-electron chi connectivity index (χ0n) is 11.9. The lowest BCUT2D eigenvalue weighted by molar-refractivity contribution is 0.527. The number of rotatable bonds is 4. The Labute approximate surface area is 125 Å². The van der Waals surface area contributed by atoms with Gasteiger partial charge in [0.05, 0.1) is 6.04 Å². The summed E-state index contributed by atoms with van der Waals surface area (Å²) in [5.74, 6) is 8.88. The van der Waals surface area contributed by atoms with E-state index in [-0.39, 0.29) is 6.04 Å². The van der Waals surface area contributed by atoms with Crippen LogP contribution in [0.1, 0.15) is 43.9 Å². The van der Waals surface area contributed by atoms with Gasteiger partial charge >= 0.3 is 0 Å². The highest BCUT2D eigenvalue weighted by molar-refractivity contribution is 8.07. The number of nitrogens with two attached hydrogens (primary N) is 1. The summed E-state index contributed by atoms with van der Waals surface area (Å²) in [6, 6.07) is 9.17. The standard InChI is InChI=1S/C15H24N2S2/c1-10(2)12-4-6-13(7-5-12)14(17-16)15-11(3)18-8-9-19-15/h4-7,10-11,14-15,17H,8-9,16H2,1-3H3. The summed E-state index contributed by atoms with van der Waals surface area (Å²) < 4.78 is 0. The Morgan fingerprint density at radius 1 is 1.11 bits per heavy atom. The maximum atomic E-state index is 5.82. The highest BCUT2D eigenvalue weighted by Crippen LogP contribution is 2.38. The summed E-state index contributed by atoms with van der Waals surface area (Å²) in [6.45, 7) is 6.76. The average Bonchev–Trinajstić information content (AvgIpc) is 2.42. The third-order valence-electron chi connectivity index (χ3n) is 3.71. The molecule has 0 bridgehead atoms. The predicted octanol–water partition coefficient (Wildman–Crippen LogP) is 3.55. The maximum absolute atomic E-state index is 5.82. The number of hydrazine groups is 1. The van der Waals surface area contributed by atoms with E-state index in [0.29, 0.717) is 16.4 Å². The lowest BCUT2D eigenvalue weighted by Gasteiger charge is -2.34. The van der Waals surface area contributed by atoms with Crippen molar-refractivity contribution in [3.8, 4) is 0 Å². The Hall–Kier alpha value is -0.160. The van der Waals surface area contributed by atoms with Gasteiger partial charge in [0.25, 0.3) is 0 Å². The molecule has 1 saturated heterocycles. The molecule has 2 rings (SSSR count). The minimum Gasteiger partial charge on any atom is -0.271 e. The Morgan fingerprint density at radius 3 is 2.21 bits per heavy atom. The normalized spacial score (nSPS) is 25.5. The number of benzene rings is 1. The molecule has 1 aliphatic rings. The van der Waals surface area contributed by atoms with Crippen molar-refractivity contribution in [2.24, 2.45) is 5.84 Å². The largest absolute Gasteiger partial charge is 0.271 e. The molecule has 1 fully saturated rings. The Bertz CT molecular complexity index is 392. The van der Waals surface area contributed by atoms with Crippen LogP contribution in [0.2, 0.25) is 0 Å². The minimum atomic E-state index is 0.244. The Morgan fingerprint density at radius 2 is 1.68 bits per heavy atom. The molecule has 4 heteroatoms. The van der Waals surface area contributed by atoms with Crippen LogP contribution < -0.4 is 11.3 Å². The second-order valence-corrected chi connectivity index (χ2v) is 8.15. The lowest BCUT2D eigenvalue weighted by Crippen LogP contribution is -2.40. The zero-order chi connectivity index (χ0) is 13.8. The molecule has 106 valence electrons. The van der Waals surface area contributed by atoms with E-state index in [1.165, 1.54) is 22.6 Å².